The summed E-state index contributed by atoms with van der Waals surface area (Å²) in [7, 11) is 1.80. The molecule has 2 N–H and O–H groups in total. The van der Waals surface area contributed by atoms with Crippen molar-refractivity contribution in [3.8, 4) is 0 Å². The van der Waals surface area contributed by atoms with Crippen molar-refractivity contribution in [1.29, 1.82) is 0 Å². The van der Waals surface area contributed by atoms with Crippen LogP contribution in [0.1, 0.15) is 0 Å². The molecule has 0 aromatic rings. The Labute approximate surface area is 63.2 Å². The van der Waals surface area contributed by atoms with Gasteiger partial charge in [0.15, 0.2) is 0 Å². The molecule has 1 radical (unpaired) electrons. The summed E-state index contributed by atoms with van der Waals surface area (Å²) in [4.78, 5) is 0. The topological polar surface area (TPSA) is 32.3 Å². The SMILES string of the molecule is CNCCO.[Y]. The number of rotatable bonds is 2. The van der Waals surface area contributed by atoms with Crippen molar-refractivity contribution in [1.82, 2.24) is 5.32 Å². The van der Waals surface area contributed by atoms with E-state index in [0.717, 1.165) is 0 Å². The summed E-state index contributed by atoms with van der Waals surface area (Å²) in [5.74, 6) is 0. The standard InChI is InChI=1S/C3H9NO.Y/c1-4-2-3-5;/h4-5H,2-3H2,1H3;. The predicted octanol–water partition coefficient (Wildman–Crippen LogP) is -0.804. The van der Waals surface area contributed by atoms with Crippen molar-refractivity contribution in [3.63, 3.8) is 0 Å². The molecule has 6 heavy (non-hydrogen) atoms. The van der Waals surface area contributed by atoms with Gasteiger partial charge in [-0.3, -0.25) is 0 Å². The molecule has 0 fully saturated rings. The molecule has 0 aliphatic heterocycles. The van der Waals surface area contributed by atoms with Gasteiger partial charge in [0.1, 0.15) is 0 Å². The molecule has 0 saturated heterocycles. The predicted molar refractivity (Wildman–Crippen MR) is 21.0 cm³/mol. The van der Waals surface area contributed by atoms with Gasteiger partial charge in [0, 0.05) is 39.3 Å². The van der Waals surface area contributed by atoms with Crippen LogP contribution >= 0.6 is 0 Å². The van der Waals surface area contributed by atoms with E-state index in [1.807, 2.05) is 0 Å². The van der Waals surface area contributed by atoms with Crippen LogP contribution in [-0.4, -0.2) is 25.3 Å². The third-order valence-electron chi connectivity index (χ3n) is 0.362. The van der Waals surface area contributed by atoms with Crippen LogP contribution in [0.15, 0.2) is 0 Å². The maximum absolute atomic E-state index is 8.00. The Hall–Kier alpha value is 1.02. The first-order valence-electron chi connectivity index (χ1n) is 1.67. The first-order valence-corrected chi connectivity index (χ1v) is 1.67. The fourth-order valence-electron chi connectivity index (χ4n) is 0.112. The molecule has 0 heterocycles. The molecule has 0 spiro atoms. The number of hydrogen-bond acceptors (Lipinski definition) is 2. The average molecular weight is 164 g/mol. The van der Waals surface area contributed by atoms with Crippen LogP contribution in [0.25, 0.3) is 0 Å². The Morgan fingerprint density at radius 2 is 2.17 bits per heavy atom. The Morgan fingerprint density at radius 1 is 1.67 bits per heavy atom. The number of aliphatic hydroxyl groups is 1. The smallest absolute Gasteiger partial charge is 0.0555 e. The molecule has 0 aliphatic rings. The van der Waals surface area contributed by atoms with Crippen LogP contribution < -0.4 is 5.32 Å². The van der Waals surface area contributed by atoms with E-state index in [9.17, 15) is 0 Å². The number of aliphatic hydroxyl groups excluding tert-OH is 1. The van der Waals surface area contributed by atoms with Gasteiger partial charge >= 0.3 is 0 Å². The van der Waals surface area contributed by atoms with E-state index in [1.165, 1.54) is 0 Å². The van der Waals surface area contributed by atoms with E-state index in [2.05, 4.69) is 5.32 Å². The molecular formula is C3H9NOY. The van der Waals surface area contributed by atoms with Crippen LogP contribution in [0.4, 0.5) is 0 Å². The molecule has 2 nitrogen and oxygen atoms in total. The minimum absolute atomic E-state index is 0. The van der Waals surface area contributed by atoms with Crippen molar-refractivity contribution in [2.75, 3.05) is 20.2 Å². The summed E-state index contributed by atoms with van der Waals surface area (Å²) in [6.45, 7) is 0.927. The number of likely N-dealkylation sites (N-methyl/N-ethyl adjacent to an activating group) is 1. The quantitative estimate of drug-likeness (QED) is 0.559. The van der Waals surface area contributed by atoms with Gasteiger partial charge in [-0.05, 0) is 7.05 Å². The summed E-state index contributed by atoms with van der Waals surface area (Å²) in [5, 5.41) is 10.8. The minimum atomic E-state index is 0. The Bertz CT molecular complexity index is 18.3. The summed E-state index contributed by atoms with van der Waals surface area (Å²) in [6.07, 6.45) is 0. The van der Waals surface area contributed by atoms with Crippen LogP contribution in [-0.2, 0) is 32.7 Å². The first-order chi connectivity index (χ1) is 2.41. The van der Waals surface area contributed by atoms with Crippen molar-refractivity contribution in [2.45, 2.75) is 0 Å². The van der Waals surface area contributed by atoms with E-state index in [0.29, 0.717) is 6.54 Å². The zero-order chi connectivity index (χ0) is 4.12. The molecule has 0 saturated carbocycles. The summed E-state index contributed by atoms with van der Waals surface area (Å²) in [6, 6.07) is 0. The molecule has 0 aliphatic carbocycles. The average Bonchev–Trinajstić information content (AvgIpc) is 1.41. The fraction of sp³-hybridized carbons (Fsp3) is 1.00. The van der Waals surface area contributed by atoms with Gasteiger partial charge in [0.25, 0.3) is 0 Å². The maximum Gasteiger partial charge on any atom is 0.0555 e. The van der Waals surface area contributed by atoms with E-state index in [-0.39, 0.29) is 39.3 Å². The molecule has 35 valence electrons. The second kappa shape index (κ2) is 9.39. The summed E-state index contributed by atoms with van der Waals surface area (Å²) in [5.41, 5.74) is 0. The Balaban J connectivity index is 0. The normalized spacial score (nSPS) is 7.00. The molecule has 0 amide bonds. The van der Waals surface area contributed by atoms with Crippen molar-refractivity contribution in [3.05, 3.63) is 0 Å². The number of hydrogen-bond donors (Lipinski definition) is 2. The maximum atomic E-state index is 8.00. The van der Waals surface area contributed by atoms with Gasteiger partial charge in [-0.15, -0.1) is 0 Å². The van der Waals surface area contributed by atoms with E-state index in [4.69, 9.17) is 5.11 Å². The molecule has 0 rings (SSSR count). The Kier molecular flexibility index (Phi) is 15.8. The van der Waals surface area contributed by atoms with Crippen molar-refractivity contribution in [2.24, 2.45) is 0 Å². The van der Waals surface area contributed by atoms with Gasteiger partial charge in [-0.2, -0.15) is 0 Å². The van der Waals surface area contributed by atoms with Crippen LogP contribution in [0.2, 0.25) is 0 Å². The second-order valence-electron chi connectivity index (χ2n) is 0.827. The largest absolute Gasteiger partial charge is 0.395 e. The summed E-state index contributed by atoms with van der Waals surface area (Å²) < 4.78 is 0. The van der Waals surface area contributed by atoms with Crippen molar-refractivity contribution >= 4 is 0 Å². The second-order valence-corrected chi connectivity index (χ2v) is 0.827. The van der Waals surface area contributed by atoms with Crippen LogP contribution in [0.3, 0.4) is 0 Å². The Morgan fingerprint density at radius 3 is 2.17 bits per heavy atom. The molecule has 0 atom stereocenters. The van der Waals surface area contributed by atoms with Gasteiger partial charge in [-0.1, -0.05) is 0 Å². The van der Waals surface area contributed by atoms with Gasteiger partial charge in [-0.25, -0.2) is 0 Å². The zero-order valence-corrected chi connectivity index (χ0v) is 6.78. The monoisotopic (exact) mass is 164 g/mol. The molecular weight excluding hydrogens is 155 g/mol. The molecule has 0 bridgehead atoms. The van der Waals surface area contributed by atoms with Crippen molar-refractivity contribution < 1.29 is 37.8 Å². The molecule has 0 aromatic carbocycles. The van der Waals surface area contributed by atoms with Gasteiger partial charge in [0.05, 0.1) is 6.61 Å². The van der Waals surface area contributed by atoms with Crippen LogP contribution in [0.5, 0.6) is 0 Å². The molecule has 0 unspecified atom stereocenters. The molecule has 0 aromatic heterocycles. The first kappa shape index (κ1) is 10.1. The van der Waals surface area contributed by atoms with Gasteiger partial charge in [0.2, 0.25) is 0 Å². The minimum Gasteiger partial charge on any atom is -0.395 e. The van der Waals surface area contributed by atoms with E-state index >= 15 is 0 Å². The summed E-state index contributed by atoms with van der Waals surface area (Å²) >= 11 is 0. The van der Waals surface area contributed by atoms with Gasteiger partial charge < -0.3 is 10.4 Å². The fourth-order valence-corrected chi connectivity index (χ4v) is 0.112. The van der Waals surface area contributed by atoms with E-state index < -0.39 is 0 Å². The third kappa shape index (κ3) is 8.90. The van der Waals surface area contributed by atoms with E-state index in [1.54, 1.807) is 7.05 Å². The zero-order valence-electron chi connectivity index (χ0n) is 3.94. The third-order valence-corrected chi connectivity index (χ3v) is 0.362. The molecule has 3 heteroatoms. The number of nitrogens with one attached hydrogen (secondary N) is 1. The van der Waals surface area contributed by atoms with Crippen LogP contribution in [0, 0.1) is 0 Å².